The van der Waals surface area contributed by atoms with Crippen LogP contribution >= 0.6 is 0 Å². The zero-order chi connectivity index (χ0) is 30.9. The number of cyclic esters (lactones) is 1. The average Bonchev–Trinajstić information content (AvgIpc) is 3.26. The Labute approximate surface area is 245 Å². The molecule has 0 radical (unpaired) electrons. The summed E-state index contributed by atoms with van der Waals surface area (Å²) < 4.78 is 92.3. The zero-order valence-corrected chi connectivity index (χ0v) is 23.5. The van der Waals surface area contributed by atoms with Gasteiger partial charge in [-0.25, -0.2) is 9.78 Å². The Morgan fingerprint density at radius 3 is 2.28 bits per heavy atom. The lowest BCUT2D eigenvalue weighted by atomic mass is 9.97. The highest BCUT2D eigenvalue weighted by Gasteiger charge is 2.43. The molecule has 2 fully saturated rings. The third-order valence-corrected chi connectivity index (χ3v) is 7.91. The van der Waals surface area contributed by atoms with E-state index in [9.17, 15) is 31.1 Å². The molecule has 5 rings (SSSR count). The lowest BCUT2D eigenvalue weighted by Crippen LogP contribution is -2.35. The highest BCUT2D eigenvalue weighted by Crippen LogP contribution is 2.41. The SMILES string of the molecule is CCC1CC(Nc2ncc(-c3ccccc3)cc2CN2C(=O)O[C@H](c3cc(C(F)(F)F)cc(C(F)(F)F)c3)[C@@H]2C)CCO1. The topological polar surface area (TPSA) is 63.7 Å². The van der Waals surface area contributed by atoms with E-state index in [-0.39, 0.29) is 30.3 Å². The standard InChI is InChI=1S/C31H31F6N3O3/c1-3-26-15-25(9-10-42-26)39-28-22(11-21(16-38-28)19-7-5-4-6-8-19)17-40-18(2)27(43-29(40)41)20-12-23(30(32,33)34)14-24(13-20)31(35,36)37/h4-8,11-14,16,18,25-27H,3,9-10,15,17H2,1-2H3,(H,38,39)/t18-,25?,26?,27-/m0/s1. The van der Waals surface area contributed by atoms with Crippen LogP contribution in [-0.4, -0.2) is 40.8 Å². The molecular formula is C31H31F6N3O3. The molecule has 0 saturated carbocycles. The molecule has 1 amide bonds. The second-order valence-corrected chi connectivity index (χ2v) is 10.9. The fourth-order valence-electron chi connectivity index (χ4n) is 5.52. The first-order chi connectivity index (χ1) is 20.3. The van der Waals surface area contributed by atoms with Crippen LogP contribution in [-0.2, 0) is 28.4 Å². The van der Waals surface area contributed by atoms with Crippen LogP contribution in [0.2, 0.25) is 0 Å². The summed E-state index contributed by atoms with van der Waals surface area (Å²) >= 11 is 0. The van der Waals surface area contributed by atoms with E-state index in [1.54, 1.807) is 6.20 Å². The van der Waals surface area contributed by atoms with Gasteiger partial charge in [0.25, 0.3) is 0 Å². The van der Waals surface area contributed by atoms with E-state index in [0.717, 1.165) is 30.4 Å². The minimum atomic E-state index is -5.02. The Hall–Kier alpha value is -3.80. The number of nitrogens with one attached hydrogen (secondary N) is 1. The molecule has 2 unspecified atom stereocenters. The van der Waals surface area contributed by atoms with E-state index >= 15 is 0 Å². The molecule has 1 N–H and O–H groups in total. The molecule has 0 aliphatic carbocycles. The Bertz CT molecular complexity index is 1410. The van der Waals surface area contributed by atoms with Gasteiger partial charge in [-0.15, -0.1) is 0 Å². The molecule has 0 spiro atoms. The summed E-state index contributed by atoms with van der Waals surface area (Å²) in [6.07, 6.45) is -8.06. The number of hydrogen-bond donors (Lipinski definition) is 1. The fourth-order valence-corrected chi connectivity index (χ4v) is 5.52. The van der Waals surface area contributed by atoms with E-state index < -0.39 is 41.7 Å². The summed E-state index contributed by atoms with van der Waals surface area (Å²) in [7, 11) is 0. The second kappa shape index (κ2) is 12.1. The van der Waals surface area contributed by atoms with Gasteiger partial charge < -0.3 is 14.8 Å². The normalized spacial score (nSPS) is 22.9. The van der Waals surface area contributed by atoms with Crippen molar-refractivity contribution in [2.45, 2.75) is 76.3 Å². The number of carbonyl (C=O) groups excluding carboxylic acids is 1. The summed E-state index contributed by atoms with van der Waals surface area (Å²) in [6.45, 7) is 4.14. The van der Waals surface area contributed by atoms with Crippen LogP contribution in [0.4, 0.5) is 37.0 Å². The van der Waals surface area contributed by atoms with Gasteiger partial charge in [-0.05, 0) is 61.6 Å². The molecule has 43 heavy (non-hydrogen) atoms. The number of benzene rings is 2. The minimum absolute atomic E-state index is 0.0297. The lowest BCUT2D eigenvalue weighted by Gasteiger charge is -2.31. The largest absolute Gasteiger partial charge is 0.439 e. The van der Waals surface area contributed by atoms with Crippen LogP contribution in [0.3, 0.4) is 0 Å². The number of halogens is 6. The van der Waals surface area contributed by atoms with E-state index in [1.807, 2.05) is 43.3 Å². The number of rotatable bonds is 7. The predicted molar refractivity (Wildman–Crippen MR) is 147 cm³/mol. The molecule has 2 aliphatic heterocycles. The van der Waals surface area contributed by atoms with Crippen molar-refractivity contribution in [1.82, 2.24) is 9.88 Å². The number of alkyl halides is 6. The van der Waals surface area contributed by atoms with E-state index in [4.69, 9.17) is 9.47 Å². The van der Waals surface area contributed by atoms with Crippen molar-refractivity contribution in [2.24, 2.45) is 0 Å². The number of hydrogen-bond acceptors (Lipinski definition) is 5. The van der Waals surface area contributed by atoms with Crippen molar-refractivity contribution >= 4 is 11.9 Å². The van der Waals surface area contributed by atoms with Crippen molar-refractivity contribution in [1.29, 1.82) is 0 Å². The number of amides is 1. The van der Waals surface area contributed by atoms with Gasteiger partial charge in [0, 0.05) is 30.0 Å². The minimum Gasteiger partial charge on any atom is -0.439 e. The van der Waals surface area contributed by atoms with Crippen molar-refractivity contribution in [2.75, 3.05) is 11.9 Å². The molecule has 3 heterocycles. The Morgan fingerprint density at radius 2 is 1.65 bits per heavy atom. The van der Waals surface area contributed by atoms with Crippen molar-refractivity contribution < 1.29 is 40.6 Å². The molecule has 1 aromatic heterocycles. The molecule has 0 bridgehead atoms. The predicted octanol–water partition coefficient (Wildman–Crippen LogP) is 8.24. The Morgan fingerprint density at radius 1 is 0.977 bits per heavy atom. The van der Waals surface area contributed by atoms with Gasteiger partial charge >= 0.3 is 18.4 Å². The van der Waals surface area contributed by atoms with E-state index in [1.165, 1.54) is 11.8 Å². The number of anilines is 1. The smallest absolute Gasteiger partial charge is 0.416 e. The number of aromatic nitrogens is 1. The molecule has 3 aromatic rings. The number of ether oxygens (including phenoxy) is 2. The fraction of sp³-hybridized carbons (Fsp3) is 0.419. The summed E-state index contributed by atoms with van der Waals surface area (Å²) in [5, 5.41) is 3.47. The lowest BCUT2D eigenvalue weighted by molar-refractivity contribution is -0.143. The molecule has 2 aliphatic rings. The average molecular weight is 608 g/mol. The number of carbonyl (C=O) groups is 1. The van der Waals surface area contributed by atoms with Gasteiger partial charge in [-0.2, -0.15) is 26.3 Å². The first-order valence-corrected chi connectivity index (χ1v) is 14.0. The first-order valence-electron chi connectivity index (χ1n) is 14.0. The highest BCUT2D eigenvalue weighted by atomic mass is 19.4. The first kappa shape index (κ1) is 30.7. The summed E-state index contributed by atoms with van der Waals surface area (Å²) in [4.78, 5) is 19.0. The van der Waals surface area contributed by atoms with E-state index in [0.29, 0.717) is 30.1 Å². The molecule has 12 heteroatoms. The van der Waals surface area contributed by atoms with Gasteiger partial charge in [0.2, 0.25) is 0 Å². The Kier molecular flexibility index (Phi) is 8.60. The maximum absolute atomic E-state index is 13.5. The molecule has 4 atom stereocenters. The van der Waals surface area contributed by atoms with Crippen LogP contribution in [0.25, 0.3) is 11.1 Å². The molecule has 2 aromatic carbocycles. The van der Waals surface area contributed by atoms with Gasteiger partial charge in [-0.3, -0.25) is 4.90 Å². The monoisotopic (exact) mass is 607 g/mol. The van der Waals surface area contributed by atoms with Crippen LogP contribution in [0.15, 0.2) is 60.8 Å². The third-order valence-electron chi connectivity index (χ3n) is 7.91. The molecule has 2 saturated heterocycles. The number of pyridine rings is 1. The van der Waals surface area contributed by atoms with Gasteiger partial charge in [0.15, 0.2) is 0 Å². The Balaban J connectivity index is 1.46. The van der Waals surface area contributed by atoms with Crippen LogP contribution in [0.1, 0.15) is 61.5 Å². The highest BCUT2D eigenvalue weighted by molar-refractivity contribution is 5.72. The van der Waals surface area contributed by atoms with Crippen LogP contribution in [0.5, 0.6) is 0 Å². The van der Waals surface area contributed by atoms with Crippen molar-refractivity contribution in [3.8, 4) is 11.1 Å². The zero-order valence-electron chi connectivity index (χ0n) is 23.5. The molecule has 6 nitrogen and oxygen atoms in total. The van der Waals surface area contributed by atoms with Gasteiger partial charge in [0.1, 0.15) is 11.9 Å². The van der Waals surface area contributed by atoms with E-state index in [2.05, 4.69) is 10.3 Å². The third kappa shape index (κ3) is 6.90. The van der Waals surface area contributed by atoms with Gasteiger partial charge in [0.05, 0.1) is 29.8 Å². The van der Waals surface area contributed by atoms with Crippen molar-refractivity contribution in [3.05, 3.63) is 83.0 Å². The van der Waals surface area contributed by atoms with Crippen molar-refractivity contribution in [3.63, 3.8) is 0 Å². The second-order valence-electron chi connectivity index (χ2n) is 10.9. The van der Waals surface area contributed by atoms with Crippen LogP contribution < -0.4 is 5.32 Å². The van der Waals surface area contributed by atoms with Gasteiger partial charge in [-0.1, -0.05) is 37.3 Å². The maximum atomic E-state index is 13.5. The molecular weight excluding hydrogens is 576 g/mol. The van der Waals surface area contributed by atoms with Crippen LogP contribution in [0, 0.1) is 0 Å². The summed E-state index contributed by atoms with van der Waals surface area (Å²) in [5.41, 5.74) is -1.01. The maximum Gasteiger partial charge on any atom is 0.416 e. The summed E-state index contributed by atoms with van der Waals surface area (Å²) in [5.74, 6) is 0.531. The quantitative estimate of drug-likeness (QED) is 0.274. The molecule has 230 valence electrons. The summed E-state index contributed by atoms with van der Waals surface area (Å²) in [6, 6.07) is 11.8. The number of nitrogens with zero attached hydrogens (tertiary/aromatic N) is 2.